The van der Waals surface area contributed by atoms with Gasteiger partial charge in [0, 0.05) is 38.6 Å². The van der Waals surface area contributed by atoms with E-state index in [1.807, 2.05) is 31.4 Å². The van der Waals surface area contributed by atoms with Crippen molar-refractivity contribution in [3.8, 4) is 6.07 Å². The van der Waals surface area contributed by atoms with E-state index in [1.165, 1.54) is 0 Å². The van der Waals surface area contributed by atoms with E-state index in [-0.39, 0.29) is 0 Å². The van der Waals surface area contributed by atoms with Crippen LogP contribution in [0, 0.1) is 11.3 Å². The molecule has 0 spiro atoms. The Kier molecular flexibility index (Phi) is 3.06. The quantitative estimate of drug-likeness (QED) is 0.793. The lowest BCUT2D eigenvalue weighted by molar-refractivity contribution is 0.766. The molecule has 17 heavy (non-hydrogen) atoms. The zero-order valence-electron chi connectivity index (χ0n) is 9.83. The summed E-state index contributed by atoms with van der Waals surface area (Å²) in [6.07, 6.45) is 5.45. The van der Waals surface area contributed by atoms with Crippen molar-refractivity contribution in [1.82, 2.24) is 14.8 Å². The van der Waals surface area contributed by atoms with Gasteiger partial charge >= 0.3 is 0 Å². The van der Waals surface area contributed by atoms with Crippen LogP contribution in [0.2, 0.25) is 0 Å². The Balaban J connectivity index is 2.20. The average molecular weight is 227 g/mol. The van der Waals surface area contributed by atoms with Crippen molar-refractivity contribution in [1.29, 1.82) is 5.26 Å². The van der Waals surface area contributed by atoms with Gasteiger partial charge in [0.25, 0.3) is 0 Å². The van der Waals surface area contributed by atoms with Crippen LogP contribution in [-0.4, -0.2) is 21.8 Å². The second kappa shape index (κ2) is 4.66. The normalized spacial score (nSPS) is 9.94. The second-order valence-corrected chi connectivity index (χ2v) is 3.86. The Morgan fingerprint density at radius 3 is 3.00 bits per heavy atom. The molecule has 2 aromatic heterocycles. The van der Waals surface area contributed by atoms with Gasteiger partial charge in [-0.15, -0.1) is 0 Å². The Bertz CT molecular complexity index is 552. The zero-order chi connectivity index (χ0) is 12.3. The van der Waals surface area contributed by atoms with Gasteiger partial charge in [-0.3, -0.25) is 4.68 Å². The fourth-order valence-electron chi connectivity index (χ4n) is 1.69. The van der Waals surface area contributed by atoms with Gasteiger partial charge in [-0.1, -0.05) is 0 Å². The van der Waals surface area contributed by atoms with E-state index in [2.05, 4.69) is 16.2 Å². The topological polar surface area (TPSA) is 57.7 Å². The molecule has 0 aromatic carbocycles. The first-order valence-electron chi connectivity index (χ1n) is 5.24. The molecule has 0 saturated heterocycles. The van der Waals surface area contributed by atoms with Crippen LogP contribution < -0.4 is 4.90 Å². The zero-order valence-corrected chi connectivity index (χ0v) is 9.83. The molecule has 2 rings (SSSR count). The van der Waals surface area contributed by atoms with Crippen molar-refractivity contribution in [2.24, 2.45) is 7.05 Å². The largest absolute Gasteiger partial charge is 0.354 e. The molecule has 0 fully saturated rings. The maximum atomic E-state index is 9.00. The second-order valence-electron chi connectivity index (χ2n) is 3.86. The molecular weight excluding hydrogens is 214 g/mol. The maximum Gasteiger partial charge on any atom is 0.146 e. The lowest BCUT2D eigenvalue weighted by Crippen LogP contribution is -2.18. The van der Waals surface area contributed by atoms with Crippen LogP contribution in [0.4, 0.5) is 5.82 Å². The van der Waals surface area contributed by atoms with Crippen molar-refractivity contribution in [2.75, 3.05) is 11.9 Å². The molecule has 2 heterocycles. The molecule has 0 bridgehead atoms. The van der Waals surface area contributed by atoms with Crippen molar-refractivity contribution in [3.05, 3.63) is 41.9 Å². The van der Waals surface area contributed by atoms with Gasteiger partial charge in [0.1, 0.15) is 11.9 Å². The van der Waals surface area contributed by atoms with Gasteiger partial charge in [-0.2, -0.15) is 10.4 Å². The summed E-state index contributed by atoms with van der Waals surface area (Å²) in [5.41, 5.74) is 1.67. The first-order chi connectivity index (χ1) is 8.20. The first-order valence-corrected chi connectivity index (χ1v) is 5.24. The van der Waals surface area contributed by atoms with E-state index in [4.69, 9.17) is 5.26 Å². The maximum absolute atomic E-state index is 9.00. The summed E-state index contributed by atoms with van der Waals surface area (Å²) < 4.78 is 1.76. The summed E-state index contributed by atoms with van der Waals surface area (Å²) in [6.45, 7) is 0.680. The van der Waals surface area contributed by atoms with E-state index >= 15 is 0 Å². The number of anilines is 1. The molecule has 0 atom stereocenters. The summed E-state index contributed by atoms with van der Waals surface area (Å²) in [7, 11) is 3.79. The Hall–Kier alpha value is -2.35. The predicted octanol–water partition coefficient (Wildman–Crippen LogP) is 1.32. The highest BCUT2D eigenvalue weighted by Crippen LogP contribution is 2.16. The van der Waals surface area contributed by atoms with E-state index < -0.39 is 0 Å². The molecule has 0 aliphatic heterocycles. The number of pyridine rings is 1. The van der Waals surface area contributed by atoms with Crippen LogP contribution in [0.1, 0.15) is 11.1 Å². The number of aromatic nitrogens is 3. The fraction of sp³-hybridized carbons (Fsp3) is 0.250. The van der Waals surface area contributed by atoms with Gasteiger partial charge in [-0.05, 0) is 12.1 Å². The summed E-state index contributed by atoms with van der Waals surface area (Å²) in [6, 6.07) is 5.67. The van der Waals surface area contributed by atoms with Gasteiger partial charge < -0.3 is 4.90 Å². The SMILES string of the molecule is CN(Cc1cnn(C)c1)c1ncccc1C#N. The predicted molar refractivity (Wildman–Crippen MR) is 64.3 cm³/mol. The molecule has 0 amide bonds. The molecule has 2 aromatic rings. The molecule has 0 unspecified atom stereocenters. The highest BCUT2D eigenvalue weighted by atomic mass is 15.2. The third-order valence-corrected chi connectivity index (χ3v) is 2.45. The average Bonchev–Trinajstić information content (AvgIpc) is 2.74. The summed E-state index contributed by atoms with van der Waals surface area (Å²) in [4.78, 5) is 6.17. The molecule has 0 radical (unpaired) electrons. The standard InChI is InChI=1S/C12H13N5/c1-16(8-10-7-15-17(2)9-10)12-11(6-13)4-3-5-14-12/h3-5,7,9H,8H2,1-2H3. The van der Waals surface area contributed by atoms with Gasteiger partial charge in [0.05, 0.1) is 11.8 Å². The van der Waals surface area contributed by atoms with E-state index in [9.17, 15) is 0 Å². The Morgan fingerprint density at radius 2 is 2.35 bits per heavy atom. The van der Waals surface area contributed by atoms with Crippen molar-refractivity contribution < 1.29 is 0 Å². The van der Waals surface area contributed by atoms with Crippen LogP contribution in [0.25, 0.3) is 0 Å². The highest BCUT2D eigenvalue weighted by Gasteiger charge is 2.09. The minimum atomic E-state index is 0.582. The molecule has 0 aliphatic carbocycles. The number of nitriles is 1. The minimum Gasteiger partial charge on any atom is -0.354 e. The Morgan fingerprint density at radius 1 is 1.53 bits per heavy atom. The van der Waals surface area contributed by atoms with Gasteiger partial charge in [-0.25, -0.2) is 4.98 Å². The molecule has 86 valence electrons. The minimum absolute atomic E-state index is 0.582. The van der Waals surface area contributed by atoms with Crippen molar-refractivity contribution >= 4 is 5.82 Å². The summed E-state index contributed by atoms with van der Waals surface area (Å²) in [5, 5.41) is 13.1. The van der Waals surface area contributed by atoms with Crippen LogP contribution in [0.15, 0.2) is 30.7 Å². The third-order valence-electron chi connectivity index (χ3n) is 2.45. The smallest absolute Gasteiger partial charge is 0.146 e. The monoisotopic (exact) mass is 227 g/mol. The highest BCUT2D eigenvalue weighted by molar-refractivity contribution is 5.53. The van der Waals surface area contributed by atoms with Crippen LogP contribution in [0.5, 0.6) is 0 Å². The van der Waals surface area contributed by atoms with Gasteiger partial charge in [0.15, 0.2) is 0 Å². The Labute approximate surface area is 99.9 Å². The van der Waals surface area contributed by atoms with Crippen LogP contribution >= 0.6 is 0 Å². The number of nitrogens with zero attached hydrogens (tertiary/aromatic N) is 5. The van der Waals surface area contributed by atoms with E-state index in [0.29, 0.717) is 17.9 Å². The molecule has 0 N–H and O–H groups in total. The molecule has 5 heteroatoms. The van der Waals surface area contributed by atoms with E-state index in [0.717, 1.165) is 5.56 Å². The number of aryl methyl sites for hydroxylation is 1. The number of hydrogen-bond donors (Lipinski definition) is 0. The van der Waals surface area contributed by atoms with Crippen molar-refractivity contribution in [2.45, 2.75) is 6.54 Å². The lowest BCUT2D eigenvalue weighted by Gasteiger charge is -2.17. The van der Waals surface area contributed by atoms with Crippen LogP contribution in [0.3, 0.4) is 0 Å². The summed E-state index contributed by atoms with van der Waals surface area (Å²) >= 11 is 0. The molecule has 0 aliphatic rings. The van der Waals surface area contributed by atoms with Crippen molar-refractivity contribution in [3.63, 3.8) is 0 Å². The molecule has 0 saturated carbocycles. The number of hydrogen-bond acceptors (Lipinski definition) is 4. The molecular formula is C12H13N5. The van der Waals surface area contributed by atoms with Gasteiger partial charge in [0.2, 0.25) is 0 Å². The lowest BCUT2D eigenvalue weighted by atomic mass is 10.2. The summed E-state index contributed by atoms with van der Waals surface area (Å²) in [5.74, 6) is 0.693. The fourth-order valence-corrected chi connectivity index (χ4v) is 1.69. The van der Waals surface area contributed by atoms with E-state index in [1.54, 1.807) is 23.0 Å². The first kappa shape index (κ1) is 11.1. The number of rotatable bonds is 3. The van der Waals surface area contributed by atoms with Crippen LogP contribution in [-0.2, 0) is 13.6 Å². The third kappa shape index (κ3) is 2.42. The molecule has 5 nitrogen and oxygen atoms in total.